The van der Waals surface area contributed by atoms with E-state index in [-0.39, 0.29) is 31.1 Å². The minimum absolute atomic E-state index is 0.0977. The van der Waals surface area contributed by atoms with Gasteiger partial charge >= 0.3 is 0 Å². The van der Waals surface area contributed by atoms with Crippen molar-refractivity contribution in [1.29, 1.82) is 0 Å². The van der Waals surface area contributed by atoms with Crippen molar-refractivity contribution in [1.82, 2.24) is 0 Å². The highest BCUT2D eigenvalue weighted by atomic mass is 16.3. The third kappa shape index (κ3) is 2.27. The van der Waals surface area contributed by atoms with E-state index in [0.717, 1.165) is 0 Å². The largest absolute Gasteiger partial charge is 0.393 e. The Hall–Kier alpha value is -0.490. The maximum atomic E-state index is 12.5. The molecule has 0 aromatic heterocycles. The molecule has 5 heteroatoms. The fraction of sp³-hybridized carbons (Fsp3) is 0.952. The molecule has 4 aliphatic carbocycles. The summed E-state index contributed by atoms with van der Waals surface area (Å²) in [6.45, 7) is 2.78. The number of rotatable bonds is 2. The molecule has 0 aromatic carbocycles. The smallest absolute Gasteiger partial charge is 0.190 e. The van der Waals surface area contributed by atoms with Gasteiger partial charge in [-0.1, -0.05) is 13.8 Å². The first-order valence-corrected chi connectivity index (χ1v) is 9.78. The van der Waals surface area contributed by atoms with Crippen LogP contribution < -0.4 is 0 Å². The molecule has 0 heterocycles. The first-order chi connectivity index (χ1) is 14.0. The SMILES string of the molecule is [2H]C1([2H])C[C@]2(C)[C@@H]3[C@@H](CC[C@H]2C([2H])([2H])[C@]1([2H])O)[C@@H]1CC[C@](O)(C(=O)CO)[C@@]1(C)C[C@@H]3O. The van der Waals surface area contributed by atoms with Crippen LogP contribution in [-0.4, -0.2) is 50.6 Å². The third-order valence-electron chi connectivity index (χ3n) is 8.50. The van der Waals surface area contributed by atoms with Gasteiger partial charge in [0.05, 0.1) is 13.6 Å². The average molecular weight is 372 g/mol. The highest BCUT2D eigenvalue weighted by Gasteiger charge is 2.68. The number of carbonyl (C=O) groups is 1. The summed E-state index contributed by atoms with van der Waals surface area (Å²) in [6, 6.07) is 0. The first kappa shape index (κ1) is 13.6. The van der Waals surface area contributed by atoms with E-state index in [4.69, 9.17) is 6.85 Å². The van der Waals surface area contributed by atoms with Gasteiger partial charge in [0.2, 0.25) is 0 Å². The van der Waals surface area contributed by atoms with Crippen LogP contribution in [0.4, 0.5) is 0 Å². The molecule has 0 amide bonds. The summed E-state index contributed by atoms with van der Waals surface area (Å²) in [5, 5.41) is 42.6. The number of Topliss-reactive ketones (excluding diaryl/α,β-unsaturated/α-hetero) is 1. The molecule has 4 N–H and O–H groups in total. The molecule has 5 nitrogen and oxygen atoms in total. The standard InChI is InChI=1S/C21H34O5/c1-19-7-5-13(23)9-12(19)3-4-14-15-6-8-21(26,17(25)11-22)20(15,2)10-16(24)18(14)19/h12-16,18,22-24,26H,3-11H2,1-2H3/t12-,13+,14-,15-,16-,18+,19-,20-,21-/m0/s1/i5D2,9D2,13D. The predicted octanol–water partition coefficient (Wildman–Crippen LogP) is 1.65. The maximum absolute atomic E-state index is 12.5. The molecule has 0 spiro atoms. The number of aliphatic hydroxyl groups excluding tert-OH is 2. The molecular weight excluding hydrogens is 332 g/mol. The van der Waals surface area contributed by atoms with Crippen molar-refractivity contribution >= 4 is 5.78 Å². The van der Waals surface area contributed by atoms with Crippen molar-refractivity contribution in [3.63, 3.8) is 0 Å². The molecule has 148 valence electrons. The summed E-state index contributed by atoms with van der Waals surface area (Å²) < 4.78 is 41.9. The summed E-state index contributed by atoms with van der Waals surface area (Å²) in [7, 11) is 0. The second-order valence-electron chi connectivity index (χ2n) is 9.45. The second kappa shape index (κ2) is 6.00. The van der Waals surface area contributed by atoms with Gasteiger partial charge in [0.25, 0.3) is 0 Å². The molecule has 0 radical (unpaired) electrons. The molecule has 4 aliphatic rings. The fourth-order valence-electron chi connectivity index (χ4n) is 7.17. The van der Waals surface area contributed by atoms with E-state index in [1.807, 2.05) is 0 Å². The molecule has 0 aliphatic heterocycles. The fourth-order valence-corrected chi connectivity index (χ4v) is 7.17. The summed E-state index contributed by atoms with van der Waals surface area (Å²) in [5.74, 6) is -2.21. The zero-order chi connectivity index (χ0) is 23.4. The van der Waals surface area contributed by atoms with Gasteiger partial charge in [-0.2, -0.15) is 0 Å². The lowest BCUT2D eigenvalue weighted by molar-refractivity contribution is -0.202. The van der Waals surface area contributed by atoms with Crippen LogP contribution >= 0.6 is 0 Å². The number of hydrogen-bond donors (Lipinski definition) is 4. The van der Waals surface area contributed by atoms with E-state index in [0.29, 0.717) is 19.3 Å². The Morgan fingerprint density at radius 2 is 1.96 bits per heavy atom. The summed E-state index contributed by atoms with van der Waals surface area (Å²) >= 11 is 0. The molecular formula is C21H34O5. The lowest BCUT2D eigenvalue weighted by atomic mass is 9.43. The molecule has 0 saturated heterocycles. The third-order valence-corrected chi connectivity index (χ3v) is 8.50. The quantitative estimate of drug-likeness (QED) is 0.592. The van der Waals surface area contributed by atoms with Crippen molar-refractivity contribution in [3.05, 3.63) is 0 Å². The van der Waals surface area contributed by atoms with Crippen molar-refractivity contribution < 1.29 is 32.1 Å². The number of aliphatic hydroxyl groups is 4. The zero-order valence-electron chi connectivity index (χ0n) is 20.5. The molecule has 4 fully saturated rings. The predicted molar refractivity (Wildman–Crippen MR) is 96.2 cm³/mol. The van der Waals surface area contributed by atoms with Crippen LogP contribution in [0.3, 0.4) is 0 Å². The Kier molecular flexibility index (Phi) is 3.15. The van der Waals surface area contributed by atoms with Crippen molar-refractivity contribution in [2.75, 3.05) is 6.61 Å². The minimum atomic E-state index is -2.90. The molecule has 0 bridgehead atoms. The highest BCUT2D eigenvalue weighted by molar-refractivity contribution is 5.89. The van der Waals surface area contributed by atoms with E-state index < -0.39 is 65.6 Å². The Labute approximate surface area is 162 Å². The minimum Gasteiger partial charge on any atom is -0.393 e. The molecule has 4 rings (SSSR count). The van der Waals surface area contributed by atoms with E-state index in [9.17, 15) is 25.2 Å². The number of fused-ring (bicyclic) bond motifs is 5. The van der Waals surface area contributed by atoms with Gasteiger partial charge in [-0.05, 0) is 80.4 Å². The molecule has 9 atom stereocenters. The Balaban J connectivity index is 1.77. The Morgan fingerprint density at radius 3 is 2.65 bits per heavy atom. The van der Waals surface area contributed by atoms with Crippen LogP contribution in [0.2, 0.25) is 0 Å². The van der Waals surface area contributed by atoms with Gasteiger partial charge in [-0.25, -0.2) is 0 Å². The van der Waals surface area contributed by atoms with E-state index in [1.54, 1.807) is 13.8 Å². The summed E-state index contributed by atoms with van der Waals surface area (Å²) in [5.41, 5.74) is -3.65. The molecule has 26 heavy (non-hydrogen) atoms. The molecule has 4 saturated carbocycles. The summed E-state index contributed by atoms with van der Waals surface area (Å²) in [6.07, 6.45) is -7.49. The van der Waals surface area contributed by atoms with Crippen molar-refractivity contribution in [2.24, 2.45) is 34.5 Å². The highest BCUT2D eigenvalue weighted by Crippen LogP contribution is 2.68. The number of ketones is 1. The van der Waals surface area contributed by atoms with Crippen LogP contribution in [0.25, 0.3) is 0 Å². The monoisotopic (exact) mass is 371 g/mol. The van der Waals surface area contributed by atoms with Crippen LogP contribution in [0.1, 0.15) is 72.0 Å². The van der Waals surface area contributed by atoms with Gasteiger partial charge in [0.15, 0.2) is 5.78 Å². The Bertz CT molecular complexity index is 790. The maximum Gasteiger partial charge on any atom is 0.190 e. The normalized spacial score (nSPS) is 65.9. The van der Waals surface area contributed by atoms with Crippen molar-refractivity contribution in [2.45, 2.75) is 82.9 Å². The lowest BCUT2D eigenvalue weighted by Gasteiger charge is -2.62. The van der Waals surface area contributed by atoms with Crippen LogP contribution in [0.5, 0.6) is 0 Å². The van der Waals surface area contributed by atoms with E-state index in [2.05, 4.69) is 0 Å². The zero-order valence-corrected chi connectivity index (χ0v) is 15.5. The van der Waals surface area contributed by atoms with Gasteiger partial charge in [-0.3, -0.25) is 4.79 Å². The summed E-state index contributed by atoms with van der Waals surface area (Å²) in [4.78, 5) is 12.5. The molecule has 0 unspecified atom stereocenters. The van der Waals surface area contributed by atoms with Crippen LogP contribution in [0.15, 0.2) is 0 Å². The Morgan fingerprint density at radius 1 is 1.23 bits per heavy atom. The van der Waals surface area contributed by atoms with Gasteiger partial charge in [0, 0.05) is 10.9 Å². The van der Waals surface area contributed by atoms with Gasteiger partial charge in [0.1, 0.15) is 12.2 Å². The lowest BCUT2D eigenvalue weighted by Crippen LogP contribution is -2.63. The van der Waals surface area contributed by atoms with Crippen LogP contribution in [0, 0.1) is 34.5 Å². The van der Waals surface area contributed by atoms with Gasteiger partial charge < -0.3 is 20.4 Å². The van der Waals surface area contributed by atoms with E-state index >= 15 is 0 Å². The van der Waals surface area contributed by atoms with Gasteiger partial charge in [-0.15, -0.1) is 0 Å². The van der Waals surface area contributed by atoms with E-state index in [1.165, 1.54) is 0 Å². The average Bonchev–Trinajstić information content (AvgIpc) is 2.90. The first-order valence-electron chi connectivity index (χ1n) is 12.3. The van der Waals surface area contributed by atoms with Crippen LogP contribution in [-0.2, 0) is 4.79 Å². The number of carbonyl (C=O) groups excluding carboxylic acids is 1. The van der Waals surface area contributed by atoms with Crippen molar-refractivity contribution in [3.8, 4) is 0 Å². The second-order valence-corrected chi connectivity index (χ2v) is 9.45. The number of hydrogen-bond acceptors (Lipinski definition) is 5. The topological polar surface area (TPSA) is 98.0 Å². The molecule has 0 aromatic rings.